The molecular formula is C20H21ClN4O6S. The van der Waals surface area contributed by atoms with Gasteiger partial charge in [0.2, 0.25) is 0 Å². The van der Waals surface area contributed by atoms with Crippen molar-refractivity contribution < 1.29 is 27.3 Å². The summed E-state index contributed by atoms with van der Waals surface area (Å²) in [6.07, 6.45) is 2.07. The molecule has 2 aliphatic rings. The maximum atomic E-state index is 12.8. The third-order valence-corrected chi connectivity index (χ3v) is 6.84. The van der Waals surface area contributed by atoms with Gasteiger partial charge < -0.3 is 19.5 Å². The van der Waals surface area contributed by atoms with Crippen molar-refractivity contribution in [2.24, 2.45) is 4.40 Å². The normalized spacial score (nSPS) is 18.0. The van der Waals surface area contributed by atoms with Crippen LogP contribution in [0, 0.1) is 6.92 Å². The zero-order valence-electron chi connectivity index (χ0n) is 17.4. The molecule has 1 N–H and O–H groups in total. The maximum absolute atomic E-state index is 12.8. The highest BCUT2D eigenvalue weighted by atomic mass is 35.5. The number of sulfonamides is 1. The van der Waals surface area contributed by atoms with Crippen LogP contribution in [0.5, 0.6) is 0 Å². The Morgan fingerprint density at radius 2 is 2.03 bits per heavy atom. The maximum Gasteiger partial charge on any atom is 0.340 e. The van der Waals surface area contributed by atoms with Crippen LogP contribution >= 0.6 is 11.6 Å². The third kappa shape index (κ3) is 4.35. The molecule has 2 aromatic rings. The van der Waals surface area contributed by atoms with E-state index < -0.39 is 28.0 Å². The second kappa shape index (κ2) is 8.55. The van der Waals surface area contributed by atoms with Crippen LogP contribution in [0.3, 0.4) is 0 Å². The number of hydrogen-bond donors (Lipinski definition) is 1. The number of halogens is 1. The number of nitrogens with one attached hydrogen (secondary N) is 1. The number of amides is 1. The lowest BCUT2D eigenvalue weighted by Crippen LogP contribution is -2.35. The number of ether oxygens (including phenoxy) is 1. The van der Waals surface area contributed by atoms with Crippen LogP contribution in [-0.4, -0.2) is 43.9 Å². The highest BCUT2D eigenvalue weighted by Crippen LogP contribution is 2.38. The first-order valence-corrected chi connectivity index (χ1v) is 11.9. The summed E-state index contributed by atoms with van der Waals surface area (Å²) in [5.41, 5.74) is 0.227. The van der Waals surface area contributed by atoms with E-state index in [0.717, 1.165) is 25.3 Å². The fourth-order valence-electron chi connectivity index (χ4n) is 3.58. The largest absolute Gasteiger partial charge is 0.449 e. The van der Waals surface area contributed by atoms with Crippen molar-refractivity contribution in [3.05, 3.63) is 34.5 Å². The number of hydrogen-bond acceptors (Lipinski definition) is 8. The van der Waals surface area contributed by atoms with Crippen molar-refractivity contribution in [2.45, 2.75) is 50.5 Å². The molecule has 1 atom stereocenters. The molecule has 0 aliphatic carbocycles. The molecule has 12 heteroatoms. The van der Waals surface area contributed by atoms with Gasteiger partial charge >= 0.3 is 5.97 Å². The molecule has 1 aromatic heterocycles. The van der Waals surface area contributed by atoms with E-state index in [-0.39, 0.29) is 21.3 Å². The van der Waals surface area contributed by atoms with Gasteiger partial charge in [-0.05, 0) is 38.8 Å². The molecule has 4 rings (SSSR count). The van der Waals surface area contributed by atoms with E-state index in [2.05, 4.69) is 14.9 Å². The number of nitrogens with zero attached hydrogens (tertiary/aromatic N) is 3. The molecule has 0 bridgehead atoms. The topological polar surface area (TPSA) is 131 Å². The van der Waals surface area contributed by atoms with Crippen LogP contribution in [0.25, 0.3) is 0 Å². The molecule has 170 valence electrons. The lowest BCUT2D eigenvalue weighted by atomic mass is 10.1. The smallest absolute Gasteiger partial charge is 0.340 e. The number of carbonyl (C=O) groups excluding carboxylic acids is 2. The van der Waals surface area contributed by atoms with E-state index in [1.165, 1.54) is 19.1 Å². The van der Waals surface area contributed by atoms with Gasteiger partial charge in [-0.3, -0.25) is 4.79 Å². The van der Waals surface area contributed by atoms with Crippen molar-refractivity contribution in [2.75, 3.05) is 16.8 Å². The first-order valence-electron chi connectivity index (χ1n) is 10.1. The minimum atomic E-state index is -4.00. The minimum Gasteiger partial charge on any atom is -0.449 e. The molecule has 10 nitrogen and oxygen atoms in total. The SMILES string of the molecule is Cc1cc(NC(=O)[C@H](C)OC(=O)c2cc3c(cc2Cl)N2CCCCCC2=NS3(=O)=O)no1. The fraction of sp³-hybridized carbons (Fsp3) is 0.400. The predicted octanol–water partition coefficient (Wildman–Crippen LogP) is 3.30. The Labute approximate surface area is 189 Å². The number of fused-ring (bicyclic) bond motifs is 3. The number of anilines is 2. The molecule has 32 heavy (non-hydrogen) atoms. The summed E-state index contributed by atoms with van der Waals surface area (Å²) in [6.45, 7) is 3.65. The van der Waals surface area contributed by atoms with Crippen LogP contribution < -0.4 is 10.2 Å². The number of aromatic nitrogens is 1. The zero-order chi connectivity index (χ0) is 23.0. The van der Waals surface area contributed by atoms with E-state index in [4.69, 9.17) is 20.9 Å². The van der Waals surface area contributed by atoms with Gasteiger partial charge in [-0.15, -0.1) is 4.40 Å². The number of rotatable bonds is 4. The second-order valence-corrected chi connectivity index (χ2v) is 9.58. The Balaban J connectivity index is 1.58. The first kappa shape index (κ1) is 22.3. The molecule has 1 fully saturated rings. The van der Waals surface area contributed by atoms with Gasteiger partial charge in [0.05, 0.1) is 16.3 Å². The lowest BCUT2D eigenvalue weighted by molar-refractivity contribution is -0.123. The molecule has 0 spiro atoms. The number of esters is 1. The van der Waals surface area contributed by atoms with Crippen molar-refractivity contribution in [3.8, 4) is 0 Å². The second-order valence-electron chi connectivity index (χ2n) is 7.60. The van der Waals surface area contributed by atoms with Crippen molar-refractivity contribution in [1.29, 1.82) is 0 Å². The summed E-state index contributed by atoms with van der Waals surface area (Å²) in [5.74, 6) is -0.402. The monoisotopic (exact) mass is 480 g/mol. The lowest BCUT2D eigenvalue weighted by Gasteiger charge is -2.30. The van der Waals surface area contributed by atoms with Crippen LogP contribution in [0.15, 0.2) is 32.0 Å². The molecule has 3 heterocycles. The molecule has 1 aromatic carbocycles. The number of carbonyl (C=O) groups is 2. The van der Waals surface area contributed by atoms with Crippen molar-refractivity contribution in [1.82, 2.24) is 5.16 Å². The van der Waals surface area contributed by atoms with E-state index in [0.29, 0.717) is 30.2 Å². The molecule has 1 amide bonds. The Morgan fingerprint density at radius 1 is 1.25 bits per heavy atom. The van der Waals surface area contributed by atoms with E-state index in [9.17, 15) is 18.0 Å². The van der Waals surface area contributed by atoms with Gasteiger partial charge in [-0.25, -0.2) is 4.79 Å². The highest BCUT2D eigenvalue weighted by molar-refractivity contribution is 7.90. The molecule has 2 aliphatic heterocycles. The molecule has 0 radical (unpaired) electrons. The molecule has 0 unspecified atom stereocenters. The van der Waals surface area contributed by atoms with Crippen LogP contribution in [0.2, 0.25) is 5.02 Å². The van der Waals surface area contributed by atoms with Crippen LogP contribution in [0.1, 0.15) is 48.7 Å². The average molecular weight is 481 g/mol. The standard InChI is InChI=1S/C20H21ClN4O6S/c1-11-8-17(23-31-11)22-19(26)12(2)30-20(27)13-9-16-15(10-14(13)21)25-7-5-3-4-6-18(25)24-32(16,28)29/h8-10,12H,3-7H2,1-2H3,(H,22,23,26)/t12-/m0/s1. The minimum absolute atomic E-state index is 0.0224. The number of aryl methyl sites for hydroxylation is 1. The Bertz CT molecular complexity index is 1220. The summed E-state index contributed by atoms with van der Waals surface area (Å²) >= 11 is 6.33. The van der Waals surface area contributed by atoms with Crippen molar-refractivity contribution >= 4 is 50.8 Å². The fourth-order valence-corrected chi connectivity index (χ4v) is 5.08. The first-order chi connectivity index (χ1) is 15.2. The van der Waals surface area contributed by atoms with Gasteiger partial charge in [0.25, 0.3) is 15.9 Å². The summed E-state index contributed by atoms with van der Waals surface area (Å²) in [4.78, 5) is 26.7. The molecule has 1 saturated heterocycles. The van der Waals surface area contributed by atoms with Gasteiger partial charge in [0.1, 0.15) is 16.5 Å². The van der Waals surface area contributed by atoms with Gasteiger partial charge in [-0.2, -0.15) is 8.42 Å². The Hall–Kier alpha value is -2.92. The Kier molecular flexibility index (Phi) is 5.95. The Morgan fingerprint density at radius 3 is 2.75 bits per heavy atom. The average Bonchev–Trinajstić information content (AvgIpc) is 2.98. The number of benzene rings is 1. The zero-order valence-corrected chi connectivity index (χ0v) is 19.0. The van der Waals surface area contributed by atoms with Gasteiger partial charge in [-0.1, -0.05) is 23.2 Å². The van der Waals surface area contributed by atoms with E-state index in [1.807, 2.05) is 4.90 Å². The van der Waals surface area contributed by atoms with E-state index in [1.54, 1.807) is 6.92 Å². The third-order valence-electron chi connectivity index (χ3n) is 5.19. The summed E-state index contributed by atoms with van der Waals surface area (Å²) < 4.78 is 39.6. The molecule has 0 saturated carbocycles. The summed E-state index contributed by atoms with van der Waals surface area (Å²) in [7, 11) is -4.00. The van der Waals surface area contributed by atoms with Gasteiger partial charge in [0, 0.05) is 19.0 Å². The van der Waals surface area contributed by atoms with E-state index >= 15 is 0 Å². The molecular weight excluding hydrogens is 460 g/mol. The van der Waals surface area contributed by atoms with Crippen molar-refractivity contribution in [3.63, 3.8) is 0 Å². The predicted molar refractivity (Wildman–Crippen MR) is 117 cm³/mol. The number of amidine groups is 1. The quantitative estimate of drug-likeness (QED) is 0.659. The summed E-state index contributed by atoms with van der Waals surface area (Å²) in [5, 5.41) is 6.12. The highest BCUT2D eigenvalue weighted by Gasteiger charge is 2.34. The van der Waals surface area contributed by atoms with Crippen LogP contribution in [0.4, 0.5) is 11.5 Å². The summed E-state index contributed by atoms with van der Waals surface area (Å²) in [6, 6.07) is 4.11. The van der Waals surface area contributed by atoms with Gasteiger partial charge in [0.15, 0.2) is 11.9 Å². The van der Waals surface area contributed by atoms with Crippen LogP contribution in [-0.2, 0) is 19.6 Å².